The van der Waals surface area contributed by atoms with Gasteiger partial charge in [0.1, 0.15) is 0 Å². The Morgan fingerprint density at radius 3 is 2.38 bits per heavy atom. The first-order valence-corrected chi connectivity index (χ1v) is 11.0. The fraction of sp³-hybridized carbons (Fsp3) is 0.522. The van der Waals surface area contributed by atoms with E-state index in [9.17, 15) is 0 Å². The summed E-state index contributed by atoms with van der Waals surface area (Å²) in [6.07, 6.45) is 6.52. The molecule has 2 aromatic rings. The predicted octanol–water partition coefficient (Wildman–Crippen LogP) is 2.65. The summed E-state index contributed by atoms with van der Waals surface area (Å²) in [5.41, 5.74) is 1.35. The fourth-order valence-electron chi connectivity index (χ4n) is 3.67. The van der Waals surface area contributed by atoms with Crippen LogP contribution in [0.25, 0.3) is 0 Å². The lowest BCUT2D eigenvalue weighted by atomic mass is 10.2. The largest absolute Gasteiger partial charge is 0.369 e. The second-order valence-electron chi connectivity index (χ2n) is 7.48. The number of para-hydroxylation sites is 1. The predicted molar refractivity (Wildman–Crippen MR) is 123 cm³/mol. The van der Waals surface area contributed by atoms with Gasteiger partial charge in [-0.1, -0.05) is 18.2 Å². The van der Waals surface area contributed by atoms with E-state index in [4.69, 9.17) is 4.99 Å². The molecule has 158 valence electrons. The molecule has 0 atom stereocenters. The van der Waals surface area contributed by atoms with Gasteiger partial charge in [0.2, 0.25) is 0 Å². The van der Waals surface area contributed by atoms with Gasteiger partial charge in [-0.2, -0.15) is 0 Å². The minimum atomic E-state index is 0.878. The molecule has 2 N–H and O–H groups in total. The van der Waals surface area contributed by atoms with Gasteiger partial charge < -0.3 is 20.1 Å². The highest BCUT2D eigenvalue weighted by Crippen LogP contribution is 2.15. The minimum absolute atomic E-state index is 0.878. The van der Waals surface area contributed by atoms with E-state index in [2.05, 4.69) is 86.8 Å². The zero-order chi connectivity index (χ0) is 20.2. The number of hydrogen-bond donors (Lipinski definition) is 2. The molecule has 29 heavy (non-hydrogen) atoms. The van der Waals surface area contributed by atoms with Gasteiger partial charge in [-0.25, -0.2) is 0 Å². The number of nitrogens with zero attached hydrogens (tertiary/aromatic N) is 4. The van der Waals surface area contributed by atoms with Crippen LogP contribution in [0.2, 0.25) is 0 Å². The summed E-state index contributed by atoms with van der Waals surface area (Å²) in [5, 5.41) is 6.76. The Hall–Kier alpha value is -2.47. The van der Waals surface area contributed by atoms with Crippen molar-refractivity contribution in [3.8, 4) is 0 Å². The molecule has 1 aliphatic heterocycles. The number of rotatable bonds is 10. The number of aliphatic imine (C=N–C) groups is 1. The summed E-state index contributed by atoms with van der Waals surface area (Å²) in [7, 11) is 0. The first kappa shape index (κ1) is 21.2. The Kier molecular flexibility index (Phi) is 8.91. The molecule has 1 aromatic heterocycles. The molecule has 6 heteroatoms. The second kappa shape index (κ2) is 12.2. The van der Waals surface area contributed by atoms with Crippen molar-refractivity contribution in [2.24, 2.45) is 4.99 Å². The third-order valence-corrected chi connectivity index (χ3v) is 5.32. The summed E-state index contributed by atoms with van der Waals surface area (Å²) in [5.74, 6) is 0.927. The number of benzene rings is 1. The highest BCUT2D eigenvalue weighted by molar-refractivity contribution is 5.79. The van der Waals surface area contributed by atoms with Crippen LogP contribution in [0.5, 0.6) is 0 Å². The first-order valence-electron chi connectivity index (χ1n) is 11.0. The summed E-state index contributed by atoms with van der Waals surface area (Å²) < 4.78 is 2.17. The molecule has 3 rings (SSSR count). The van der Waals surface area contributed by atoms with E-state index in [-0.39, 0.29) is 0 Å². The van der Waals surface area contributed by atoms with Crippen LogP contribution < -0.4 is 15.5 Å². The molecule has 1 aliphatic rings. The maximum absolute atomic E-state index is 4.73. The van der Waals surface area contributed by atoms with Gasteiger partial charge >= 0.3 is 0 Å². The van der Waals surface area contributed by atoms with E-state index in [1.807, 2.05) is 0 Å². The van der Waals surface area contributed by atoms with Crippen molar-refractivity contribution < 1.29 is 0 Å². The third-order valence-electron chi connectivity index (χ3n) is 5.32. The van der Waals surface area contributed by atoms with E-state index >= 15 is 0 Å². The molecule has 0 bridgehead atoms. The minimum Gasteiger partial charge on any atom is -0.369 e. The average Bonchev–Trinajstić information content (AvgIpc) is 3.28. The molecule has 0 spiro atoms. The highest BCUT2D eigenvalue weighted by atomic mass is 15.3. The maximum atomic E-state index is 4.73. The number of hydrogen-bond acceptors (Lipinski definition) is 3. The molecule has 0 radical (unpaired) electrons. The van der Waals surface area contributed by atoms with Crippen LogP contribution in [0.15, 0.2) is 59.9 Å². The van der Waals surface area contributed by atoms with Crippen molar-refractivity contribution in [2.75, 3.05) is 57.3 Å². The number of aromatic nitrogens is 1. The lowest BCUT2D eigenvalue weighted by molar-refractivity contribution is 0.253. The van der Waals surface area contributed by atoms with Gasteiger partial charge in [-0.05, 0) is 50.6 Å². The van der Waals surface area contributed by atoms with E-state index in [1.54, 1.807) is 0 Å². The summed E-state index contributed by atoms with van der Waals surface area (Å²) in [6, 6.07) is 14.9. The average molecular weight is 397 g/mol. The van der Waals surface area contributed by atoms with Crippen LogP contribution in [-0.2, 0) is 6.54 Å². The van der Waals surface area contributed by atoms with Crippen LogP contribution in [0.3, 0.4) is 0 Å². The monoisotopic (exact) mass is 396 g/mol. The van der Waals surface area contributed by atoms with E-state index in [0.717, 1.165) is 64.7 Å². The van der Waals surface area contributed by atoms with Gasteiger partial charge in [0, 0.05) is 70.4 Å². The zero-order valence-electron chi connectivity index (χ0n) is 17.8. The van der Waals surface area contributed by atoms with Crippen molar-refractivity contribution in [3.05, 3.63) is 54.9 Å². The Morgan fingerprint density at radius 2 is 1.66 bits per heavy atom. The third kappa shape index (κ3) is 7.46. The van der Waals surface area contributed by atoms with E-state index < -0.39 is 0 Å². The maximum Gasteiger partial charge on any atom is 0.191 e. The zero-order valence-corrected chi connectivity index (χ0v) is 17.8. The van der Waals surface area contributed by atoms with Crippen molar-refractivity contribution >= 4 is 11.6 Å². The number of anilines is 1. The molecule has 1 saturated heterocycles. The topological polar surface area (TPSA) is 47.8 Å². The van der Waals surface area contributed by atoms with Crippen LogP contribution in [0, 0.1) is 0 Å². The molecule has 0 unspecified atom stereocenters. The quantitative estimate of drug-likeness (QED) is 0.368. The smallest absolute Gasteiger partial charge is 0.191 e. The number of nitrogens with one attached hydrogen (secondary N) is 2. The molecule has 0 saturated carbocycles. The molecule has 0 amide bonds. The lowest BCUT2D eigenvalue weighted by Gasteiger charge is -2.36. The summed E-state index contributed by atoms with van der Waals surface area (Å²) in [6.45, 7) is 11.4. The Labute approximate surface area is 175 Å². The van der Waals surface area contributed by atoms with Crippen molar-refractivity contribution in [1.82, 2.24) is 20.1 Å². The van der Waals surface area contributed by atoms with Crippen LogP contribution >= 0.6 is 0 Å². The van der Waals surface area contributed by atoms with Gasteiger partial charge in [0.25, 0.3) is 0 Å². The summed E-state index contributed by atoms with van der Waals surface area (Å²) in [4.78, 5) is 9.80. The van der Waals surface area contributed by atoms with Crippen molar-refractivity contribution in [3.63, 3.8) is 0 Å². The fourth-order valence-corrected chi connectivity index (χ4v) is 3.67. The van der Waals surface area contributed by atoms with Gasteiger partial charge in [-0.15, -0.1) is 0 Å². The standard InChI is InChI=1S/C23H36N6/c1-2-24-23(26-13-17-27-15-8-9-16-27)25-12-6-7-14-28-18-20-29(21-19-28)22-10-4-3-5-11-22/h3-5,8-11,15-16H,2,6-7,12-14,17-21H2,1H3,(H2,24,25,26). The van der Waals surface area contributed by atoms with E-state index in [0.29, 0.717) is 0 Å². The number of unbranched alkanes of at least 4 members (excludes halogenated alkanes) is 1. The molecule has 6 nitrogen and oxygen atoms in total. The van der Waals surface area contributed by atoms with Crippen LogP contribution in [-0.4, -0.2) is 67.8 Å². The van der Waals surface area contributed by atoms with Gasteiger partial charge in [0.15, 0.2) is 5.96 Å². The van der Waals surface area contributed by atoms with Crippen LogP contribution in [0.1, 0.15) is 19.8 Å². The number of guanidine groups is 1. The Morgan fingerprint density at radius 1 is 0.897 bits per heavy atom. The van der Waals surface area contributed by atoms with Crippen molar-refractivity contribution in [2.45, 2.75) is 26.3 Å². The Bertz CT molecular complexity index is 689. The normalized spacial score (nSPS) is 15.5. The SMILES string of the molecule is CCNC(=NCCCCN1CCN(c2ccccc2)CC1)NCCn1cccc1. The lowest BCUT2D eigenvalue weighted by Crippen LogP contribution is -2.46. The highest BCUT2D eigenvalue weighted by Gasteiger charge is 2.16. The Balaban J connectivity index is 1.28. The molecule has 1 aromatic carbocycles. The molecule has 0 aliphatic carbocycles. The van der Waals surface area contributed by atoms with Gasteiger partial charge in [0.05, 0.1) is 0 Å². The molecular formula is C23H36N6. The first-order chi connectivity index (χ1) is 14.3. The van der Waals surface area contributed by atoms with E-state index in [1.165, 1.54) is 18.7 Å². The van der Waals surface area contributed by atoms with Gasteiger partial charge in [-0.3, -0.25) is 9.89 Å². The molecular weight excluding hydrogens is 360 g/mol. The summed E-state index contributed by atoms with van der Waals surface area (Å²) >= 11 is 0. The second-order valence-corrected chi connectivity index (χ2v) is 7.48. The van der Waals surface area contributed by atoms with Crippen LogP contribution in [0.4, 0.5) is 5.69 Å². The van der Waals surface area contributed by atoms with Crippen molar-refractivity contribution in [1.29, 1.82) is 0 Å². The molecule has 1 fully saturated rings. The molecule has 2 heterocycles. The number of piperazine rings is 1.